The maximum atomic E-state index is 12.9. The zero-order chi connectivity index (χ0) is 18.3. The molecule has 0 fully saturated rings. The molecule has 0 unspecified atom stereocenters. The number of nitrogens with zero attached hydrogens (tertiary/aromatic N) is 3. The Labute approximate surface area is 153 Å². The van der Waals surface area contributed by atoms with Gasteiger partial charge in [0.25, 0.3) is 5.56 Å². The van der Waals surface area contributed by atoms with Crippen LogP contribution >= 0.6 is 11.3 Å². The summed E-state index contributed by atoms with van der Waals surface area (Å²) < 4.78 is 12.1. The molecule has 0 N–H and O–H groups in total. The largest absolute Gasteiger partial charge is 0.453 e. The van der Waals surface area contributed by atoms with Gasteiger partial charge in [0.05, 0.1) is 11.1 Å². The molecule has 1 aliphatic heterocycles. The molecule has 8 heteroatoms. The molecule has 0 aromatic carbocycles. The topological polar surface area (TPSA) is 87.2 Å². The summed E-state index contributed by atoms with van der Waals surface area (Å²) in [5.74, 6) is 0.831. The molecule has 3 aromatic rings. The van der Waals surface area contributed by atoms with Crippen molar-refractivity contribution in [2.75, 3.05) is 0 Å². The molecule has 136 valence electrons. The predicted molar refractivity (Wildman–Crippen MR) is 96.5 cm³/mol. The summed E-state index contributed by atoms with van der Waals surface area (Å²) in [4.78, 5) is 31.1. The molecule has 26 heavy (non-hydrogen) atoms. The summed E-state index contributed by atoms with van der Waals surface area (Å²) in [7, 11) is 0. The third-order valence-corrected chi connectivity index (χ3v) is 5.78. The van der Waals surface area contributed by atoms with Crippen LogP contribution in [-0.2, 0) is 24.3 Å². The van der Waals surface area contributed by atoms with Crippen LogP contribution in [0.4, 0.5) is 0 Å². The lowest BCUT2D eigenvalue weighted by Crippen LogP contribution is -2.24. The standard InChI is InChI=1S/C18H19N3O4S/c1-10-8-12(25-20-10)9-24-18(23)15-11(2)14-16(26-15)19-13-6-4-3-5-7-21(13)17(14)22/h8H,3-7,9H2,1-2H3. The number of carbonyl (C=O) groups excluding carboxylic acids is 1. The molecule has 0 saturated carbocycles. The minimum Gasteiger partial charge on any atom is -0.453 e. The Bertz CT molecular complexity index is 1050. The number of aryl methyl sites for hydroxylation is 3. The highest BCUT2D eigenvalue weighted by Crippen LogP contribution is 2.29. The van der Waals surface area contributed by atoms with E-state index in [2.05, 4.69) is 10.1 Å². The molecule has 0 radical (unpaired) electrons. The van der Waals surface area contributed by atoms with Crippen LogP contribution in [0.3, 0.4) is 0 Å². The fourth-order valence-electron chi connectivity index (χ4n) is 3.29. The molecule has 0 amide bonds. The molecule has 0 saturated heterocycles. The number of esters is 1. The Morgan fingerprint density at radius 3 is 2.96 bits per heavy atom. The fraction of sp³-hybridized carbons (Fsp3) is 0.444. The molecule has 7 nitrogen and oxygen atoms in total. The van der Waals surface area contributed by atoms with Gasteiger partial charge in [-0.25, -0.2) is 9.78 Å². The number of aromatic nitrogens is 3. The smallest absolute Gasteiger partial charge is 0.349 e. The van der Waals surface area contributed by atoms with Gasteiger partial charge in [-0.3, -0.25) is 9.36 Å². The van der Waals surface area contributed by atoms with Crippen molar-refractivity contribution >= 4 is 27.5 Å². The van der Waals surface area contributed by atoms with Crippen LogP contribution in [-0.4, -0.2) is 20.7 Å². The second-order valence-corrected chi connectivity index (χ2v) is 7.54. The summed E-state index contributed by atoms with van der Waals surface area (Å²) in [5.41, 5.74) is 1.32. The number of fused-ring (bicyclic) bond motifs is 2. The maximum absolute atomic E-state index is 12.9. The zero-order valence-corrected chi connectivity index (χ0v) is 15.5. The first-order valence-electron chi connectivity index (χ1n) is 8.66. The van der Waals surface area contributed by atoms with Crippen LogP contribution in [0.2, 0.25) is 0 Å². The lowest BCUT2D eigenvalue weighted by atomic mass is 10.2. The van der Waals surface area contributed by atoms with Gasteiger partial charge in [0.2, 0.25) is 0 Å². The van der Waals surface area contributed by atoms with Crippen LogP contribution in [0.15, 0.2) is 15.4 Å². The van der Waals surface area contributed by atoms with Gasteiger partial charge < -0.3 is 9.26 Å². The second-order valence-electron chi connectivity index (χ2n) is 6.54. The molecule has 0 bridgehead atoms. The SMILES string of the molecule is Cc1cc(COC(=O)c2sc3nc4n(c(=O)c3c2C)CCCCC4)on1. The minimum atomic E-state index is -0.473. The number of rotatable bonds is 3. The van der Waals surface area contributed by atoms with E-state index < -0.39 is 5.97 Å². The second kappa shape index (κ2) is 6.68. The summed E-state index contributed by atoms with van der Waals surface area (Å²) in [6.07, 6.45) is 3.92. The number of hydrogen-bond acceptors (Lipinski definition) is 7. The normalized spacial score (nSPS) is 14.2. The number of hydrogen-bond donors (Lipinski definition) is 0. The quantitative estimate of drug-likeness (QED) is 0.656. The van der Waals surface area contributed by atoms with Crippen molar-refractivity contribution in [3.8, 4) is 0 Å². The van der Waals surface area contributed by atoms with Crippen molar-refractivity contribution in [3.05, 3.63) is 44.1 Å². The highest BCUT2D eigenvalue weighted by Gasteiger charge is 2.23. The molecular formula is C18H19N3O4S. The predicted octanol–water partition coefficient (Wildman–Crippen LogP) is 3.15. The van der Waals surface area contributed by atoms with Crippen molar-refractivity contribution in [1.29, 1.82) is 0 Å². The van der Waals surface area contributed by atoms with E-state index >= 15 is 0 Å². The van der Waals surface area contributed by atoms with Crippen molar-refractivity contribution in [3.63, 3.8) is 0 Å². The Morgan fingerprint density at radius 1 is 1.35 bits per heavy atom. The van der Waals surface area contributed by atoms with Gasteiger partial charge in [0.15, 0.2) is 12.4 Å². The van der Waals surface area contributed by atoms with E-state index in [4.69, 9.17) is 9.26 Å². The van der Waals surface area contributed by atoms with E-state index in [1.54, 1.807) is 24.5 Å². The highest BCUT2D eigenvalue weighted by molar-refractivity contribution is 7.20. The van der Waals surface area contributed by atoms with Crippen LogP contribution in [0.5, 0.6) is 0 Å². The van der Waals surface area contributed by atoms with Gasteiger partial charge in [-0.05, 0) is 32.3 Å². The van der Waals surface area contributed by atoms with Crippen LogP contribution in [0.1, 0.15) is 51.8 Å². The van der Waals surface area contributed by atoms with Crippen LogP contribution in [0, 0.1) is 13.8 Å². The van der Waals surface area contributed by atoms with Gasteiger partial charge >= 0.3 is 5.97 Å². The summed E-state index contributed by atoms with van der Waals surface area (Å²) in [6.45, 7) is 4.28. The van der Waals surface area contributed by atoms with E-state index in [1.165, 1.54) is 11.3 Å². The molecular weight excluding hydrogens is 354 g/mol. The van der Waals surface area contributed by atoms with Crippen LogP contribution < -0.4 is 5.56 Å². The van der Waals surface area contributed by atoms with E-state index in [9.17, 15) is 9.59 Å². The molecule has 1 aliphatic rings. The van der Waals surface area contributed by atoms with Gasteiger partial charge in [0, 0.05) is 19.0 Å². The van der Waals surface area contributed by atoms with E-state index in [0.29, 0.717) is 33.0 Å². The van der Waals surface area contributed by atoms with Gasteiger partial charge in [-0.1, -0.05) is 11.6 Å². The molecule has 0 spiro atoms. The molecule has 3 aromatic heterocycles. The van der Waals surface area contributed by atoms with Crippen molar-refractivity contribution in [1.82, 2.24) is 14.7 Å². The van der Waals surface area contributed by atoms with E-state index in [-0.39, 0.29) is 12.2 Å². The third kappa shape index (κ3) is 2.94. The summed E-state index contributed by atoms with van der Waals surface area (Å²) in [5, 5.41) is 4.30. The average Bonchev–Trinajstić information content (AvgIpc) is 3.08. The Balaban J connectivity index is 1.68. The zero-order valence-electron chi connectivity index (χ0n) is 14.7. The van der Waals surface area contributed by atoms with Crippen molar-refractivity contribution < 1.29 is 14.1 Å². The molecule has 4 rings (SSSR count). The number of thiophene rings is 1. The van der Waals surface area contributed by atoms with Gasteiger partial charge in [-0.2, -0.15) is 0 Å². The van der Waals surface area contributed by atoms with Crippen LogP contribution in [0.25, 0.3) is 10.2 Å². The number of carbonyl (C=O) groups is 1. The van der Waals surface area contributed by atoms with Crippen molar-refractivity contribution in [2.45, 2.75) is 52.7 Å². The molecule has 0 atom stereocenters. The maximum Gasteiger partial charge on any atom is 0.349 e. The van der Waals surface area contributed by atoms with E-state index in [0.717, 1.165) is 37.2 Å². The third-order valence-electron chi connectivity index (χ3n) is 4.62. The van der Waals surface area contributed by atoms with Gasteiger partial charge in [-0.15, -0.1) is 11.3 Å². The number of ether oxygens (including phenoxy) is 1. The Morgan fingerprint density at radius 2 is 2.19 bits per heavy atom. The summed E-state index contributed by atoms with van der Waals surface area (Å²) in [6, 6.07) is 1.72. The first-order chi connectivity index (χ1) is 12.5. The highest BCUT2D eigenvalue weighted by atomic mass is 32.1. The minimum absolute atomic E-state index is 0.0102. The lowest BCUT2D eigenvalue weighted by molar-refractivity contribution is 0.0442. The van der Waals surface area contributed by atoms with Gasteiger partial charge in [0.1, 0.15) is 15.5 Å². The summed E-state index contributed by atoms with van der Waals surface area (Å²) >= 11 is 1.22. The Hall–Kier alpha value is -2.48. The van der Waals surface area contributed by atoms with E-state index in [1.807, 2.05) is 0 Å². The molecule has 0 aliphatic carbocycles. The van der Waals surface area contributed by atoms with Crippen molar-refractivity contribution in [2.24, 2.45) is 0 Å². The fourth-order valence-corrected chi connectivity index (χ4v) is 4.38. The average molecular weight is 373 g/mol. The Kier molecular flexibility index (Phi) is 4.36. The molecule has 4 heterocycles. The first-order valence-corrected chi connectivity index (χ1v) is 9.48. The first kappa shape index (κ1) is 17.0. The lowest BCUT2D eigenvalue weighted by Gasteiger charge is -2.08. The monoisotopic (exact) mass is 373 g/mol.